The smallest absolute Gasteiger partial charge is 0.252 e. The molecule has 6 heteroatoms. The van der Waals surface area contributed by atoms with Gasteiger partial charge >= 0.3 is 0 Å². The third kappa shape index (κ3) is 8.40. The molecule has 0 fully saturated rings. The number of benzene rings is 2. The molecule has 34 heavy (non-hydrogen) atoms. The molecule has 6 nitrogen and oxygen atoms in total. The molecule has 0 bridgehead atoms. The molecule has 1 unspecified atom stereocenters. The van der Waals surface area contributed by atoms with Crippen LogP contribution in [0.1, 0.15) is 104 Å². The van der Waals surface area contributed by atoms with E-state index >= 15 is 0 Å². The van der Waals surface area contributed by atoms with Crippen LogP contribution in [0.15, 0.2) is 54.6 Å². The summed E-state index contributed by atoms with van der Waals surface area (Å²) in [5.74, 6) is 0.360. The van der Waals surface area contributed by atoms with Crippen LogP contribution in [-0.4, -0.2) is 26.1 Å². The fourth-order valence-electron chi connectivity index (χ4n) is 4.07. The van der Waals surface area contributed by atoms with Gasteiger partial charge in [0.25, 0.3) is 5.91 Å². The first kappa shape index (κ1) is 25.6. The Balaban J connectivity index is 1.51. The molecular formula is C28H39N5O. The zero-order valence-corrected chi connectivity index (χ0v) is 20.7. The first-order valence-electron chi connectivity index (χ1n) is 12.9. The Labute approximate surface area is 204 Å². The van der Waals surface area contributed by atoms with Crippen molar-refractivity contribution >= 4 is 5.91 Å². The van der Waals surface area contributed by atoms with Crippen LogP contribution in [0.2, 0.25) is 0 Å². The van der Waals surface area contributed by atoms with E-state index in [1.54, 1.807) is 4.80 Å². The highest BCUT2D eigenvalue weighted by molar-refractivity contribution is 5.94. The Kier molecular flexibility index (Phi) is 10.8. The molecule has 3 rings (SSSR count). The first-order chi connectivity index (χ1) is 16.7. The number of rotatable bonds is 15. The Bertz CT molecular complexity index is 968. The summed E-state index contributed by atoms with van der Waals surface area (Å²) in [6.45, 7) is 5.01. The standard InChI is InChI=1S/C28H39N5O/c1-3-4-5-6-7-8-9-10-11-15-22-33-31-27(30-32-33)26(24-16-13-12-14-17-24)29-28(34)25-20-18-23(2)19-21-25/h12-14,16-21,26H,3-11,15,22H2,1-2H3,(H,29,34). The van der Waals surface area contributed by atoms with Crippen molar-refractivity contribution in [2.24, 2.45) is 0 Å². The van der Waals surface area contributed by atoms with E-state index in [-0.39, 0.29) is 5.91 Å². The molecule has 1 aromatic heterocycles. The summed E-state index contributed by atoms with van der Waals surface area (Å²) in [4.78, 5) is 14.6. The van der Waals surface area contributed by atoms with Crippen molar-refractivity contribution in [1.82, 2.24) is 25.5 Å². The van der Waals surface area contributed by atoms with Crippen molar-refractivity contribution in [1.29, 1.82) is 0 Å². The number of amides is 1. The molecule has 0 spiro atoms. The predicted molar refractivity (Wildman–Crippen MR) is 137 cm³/mol. The summed E-state index contributed by atoms with van der Waals surface area (Å²) >= 11 is 0. The maximum Gasteiger partial charge on any atom is 0.252 e. The minimum Gasteiger partial charge on any atom is -0.338 e. The Morgan fingerprint density at radius 1 is 0.853 bits per heavy atom. The van der Waals surface area contributed by atoms with Gasteiger partial charge in [0.05, 0.1) is 6.54 Å². The lowest BCUT2D eigenvalue weighted by molar-refractivity contribution is 0.0941. The molecule has 182 valence electrons. The van der Waals surface area contributed by atoms with Gasteiger partial charge in [-0.1, -0.05) is 113 Å². The number of nitrogens with one attached hydrogen (secondary N) is 1. The number of hydrogen-bond acceptors (Lipinski definition) is 4. The number of tetrazole rings is 1. The summed E-state index contributed by atoms with van der Waals surface area (Å²) in [5.41, 5.74) is 2.67. The zero-order valence-electron chi connectivity index (χ0n) is 20.7. The van der Waals surface area contributed by atoms with Crippen LogP contribution >= 0.6 is 0 Å². The van der Waals surface area contributed by atoms with Gasteiger partial charge in [-0.3, -0.25) is 4.79 Å². The van der Waals surface area contributed by atoms with Crippen molar-refractivity contribution < 1.29 is 4.79 Å². The van der Waals surface area contributed by atoms with E-state index in [9.17, 15) is 4.79 Å². The molecule has 0 saturated carbocycles. The molecule has 0 aliphatic rings. The van der Waals surface area contributed by atoms with Gasteiger partial charge in [-0.05, 0) is 36.3 Å². The van der Waals surface area contributed by atoms with Crippen LogP contribution in [-0.2, 0) is 6.54 Å². The number of carbonyl (C=O) groups excluding carboxylic acids is 1. The Morgan fingerprint density at radius 2 is 1.47 bits per heavy atom. The summed E-state index contributed by atoms with van der Waals surface area (Å²) in [6.07, 6.45) is 12.9. The Morgan fingerprint density at radius 3 is 2.12 bits per heavy atom. The van der Waals surface area contributed by atoms with E-state index in [4.69, 9.17) is 0 Å². The van der Waals surface area contributed by atoms with E-state index in [0.717, 1.165) is 24.1 Å². The van der Waals surface area contributed by atoms with Crippen LogP contribution in [0.25, 0.3) is 0 Å². The van der Waals surface area contributed by atoms with Gasteiger partial charge in [0.15, 0.2) is 0 Å². The average Bonchev–Trinajstić information content (AvgIpc) is 3.33. The number of nitrogens with zero attached hydrogens (tertiary/aromatic N) is 4. The van der Waals surface area contributed by atoms with Gasteiger partial charge in [-0.2, -0.15) is 4.80 Å². The highest BCUT2D eigenvalue weighted by Gasteiger charge is 2.22. The topological polar surface area (TPSA) is 72.7 Å². The lowest BCUT2D eigenvalue weighted by atomic mass is 10.1. The van der Waals surface area contributed by atoms with E-state index < -0.39 is 6.04 Å². The second-order valence-corrected chi connectivity index (χ2v) is 9.11. The number of carbonyl (C=O) groups is 1. The van der Waals surface area contributed by atoms with Crippen molar-refractivity contribution in [3.8, 4) is 0 Å². The number of unbranched alkanes of at least 4 members (excludes halogenated alkanes) is 9. The first-order valence-corrected chi connectivity index (χ1v) is 12.9. The molecule has 1 N–H and O–H groups in total. The van der Waals surface area contributed by atoms with E-state index in [0.29, 0.717) is 11.4 Å². The van der Waals surface area contributed by atoms with Gasteiger partial charge in [-0.25, -0.2) is 0 Å². The lowest BCUT2D eigenvalue weighted by Gasteiger charge is -2.16. The van der Waals surface area contributed by atoms with Gasteiger partial charge in [0.1, 0.15) is 6.04 Å². The molecule has 0 saturated heterocycles. The van der Waals surface area contributed by atoms with E-state index in [1.807, 2.05) is 61.5 Å². The van der Waals surface area contributed by atoms with Crippen molar-refractivity contribution in [3.63, 3.8) is 0 Å². The second kappa shape index (κ2) is 14.3. The predicted octanol–water partition coefficient (Wildman–Crippen LogP) is 6.42. The summed E-state index contributed by atoms with van der Waals surface area (Å²) < 4.78 is 0. The summed E-state index contributed by atoms with van der Waals surface area (Å²) in [6, 6.07) is 16.9. The average molecular weight is 462 g/mol. The summed E-state index contributed by atoms with van der Waals surface area (Å²) in [7, 11) is 0. The molecule has 1 heterocycles. The van der Waals surface area contributed by atoms with Gasteiger partial charge in [-0.15, -0.1) is 10.2 Å². The fraction of sp³-hybridized carbons (Fsp3) is 0.500. The number of aryl methyl sites for hydroxylation is 2. The molecule has 3 aromatic rings. The van der Waals surface area contributed by atoms with Crippen LogP contribution in [0.3, 0.4) is 0 Å². The molecule has 1 atom stereocenters. The third-order valence-electron chi connectivity index (χ3n) is 6.16. The highest BCUT2D eigenvalue weighted by Crippen LogP contribution is 2.19. The van der Waals surface area contributed by atoms with E-state index in [2.05, 4.69) is 27.7 Å². The minimum absolute atomic E-state index is 0.153. The number of hydrogen-bond donors (Lipinski definition) is 1. The molecule has 1 amide bonds. The second-order valence-electron chi connectivity index (χ2n) is 9.11. The molecule has 0 radical (unpaired) electrons. The SMILES string of the molecule is CCCCCCCCCCCCn1nnc(C(NC(=O)c2ccc(C)cc2)c2ccccc2)n1. The van der Waals surface area contributed by atoms with E-state index in [1.165, 1.54) is 57.8 Å². The maximum absolute atomic E-state index is 12.9. The molecule has 0 aliphatic carbocycles. The number of aromatic nitrogens is 4. The largest absolute Gasteiger partial charge is 0.338 e. The van der Waals surface area contributed by atoms with Crippen molar-refractivity contribution in [3.05, 3.63) is 77.1 Å². The lowest BCUT2D eigenvalue weighted by Crippen LogP contribution is -2.30. The van der Waals surface area contributed by atoms with Gasteiger partial charge in [0.2, 0.25) is 5.82 Å². The molecular weight excluding hydrogens is 422 g/mol. The third-order valence-corrected chi connectivity index (χ3v) is 6.16. The zero-order chi connectivity index (χ0) is 24.0. The fourth-order valence-corrected chi connectivity index (χ4v) is 4.07. The van der Waals surface area contributed by atoms with Crippen LogP contribution in [0.5, 0.6) is 0 Å². The van der Waals surface area contributed by atoms with Crippen molar-refractivity contribution in [2.75, 3.05) is 0 Å². The molecule has 2 aromatic carbocycles. The van der Waals surface area contributed by atoms with Crippen LogP contribution in [0, 0.1) is 6.92 Å². The van der Waals surface area contributed by atoms with Gasteiger partial charge in [0, 0.05) is 5.56 Å². The van der Waals surface area contributed by atoms with Gasteiger partial charge < -0.3 is 5.32 Å². The normalized spacial score (nSPS) is 11.9. The minimum atomic E-state index is -0.448. The van der Waals surface area contributed by atoms with Crippen LogP contribution < -0.4 is 5.32 Å². The summed E-state index contributed by atoms with van der Waals surface area (Å²) in [5, 5.41) is 16.2. The molecule has 0 aliphatic heterocycles. The highest BCUT2D eigenvalue weighted by atomic mass is 16.1. The quantitative estimate of drug-likeness (QED) is 0.265. The van der Waals surface area contributed by atoms with Crippen molar-refractivity contribution in [2.45, 2.75) is 90.6 Å². The maximum atomic E-state index is 12.9. The monoisotopic (exact) mass is 461 g/mol. The Hall–Kier alpha value is -3.02. The van der Waals surface area contributed by atoms with Crippen LogP contribution in [0.4, 0.5) is 0 Å².